The summed E-state index contributed by atoms with van der Waals surface area (Å²) in [5.74, 6) is 0. The van der Waals surface area contributed by atoms with Crippen LogP contribution in [0.25, 0.3) is 11.3 Å². The summed E-state index contributed by atoms with van der Waals surface area (Å²) in [6.07, 6.45) is 2.28. The molecule has 144 valence electrons. The second-order valence-electron chi connectivity index (χ2n) is 6.90. The zero-order valence-corrected chi connectivity index (χ0v) is 16.4. The van der Waals surface area contributed by atoms with Gasteiger partial charge in [0.2, 0.25) is 0 Å². The molecule has 0 spiro atoms. The lowest BCUT2D eigenvalue weighted by atomic mass is 10.1. The van der Waals surface area contributed by atoms with Gasteiger partial charge in [0.25, 0.3) is 5.69 Å². The first-order valence-electron chi connectivity index (χ1n) is 9.26. The van der Waals surface area contributed by atoms with E-state index >= 15 is 0 Å². The molecule has 6 nitrogen and oxygen atoms in total. The van der Waals surface area contributed by atoms with Crippen molar-refractivity contribution in [2.45, 2.75) is 32.4 Å². The van der Waals surface area contributed by atoms with Gasteiger partial charge in [-0.25, -0.2) is 4.99 Å². The van der Waals surface area contributed by atoms with Crippen molar-refractivity contribution in [2.24, 2.45) is 4.99 Å². The Morgan fingerprint density at radius 3 is 2.61 bits per heavy atom. The summed E-state index contributed by atoms with van der Waals surface area (Å²) in [5, 5.41) is 13.0. The Kier molecular flexibility index (Phi) is 5.36. The molecule has 1 atom stereocenters. The number of nitro benzene ring substituents is 1. The summed E-state index contributed by atoms with van der Waals surface area (Å²) in [6, 6.07) is 14.8. The molecule has 1 aliphatic rings. The van der Waals surface area contributed by atoms with Crippen molar-refractivity contribution >= 4 is 22.7 Å². The molecule has 0 radical (unpaired) electrons. The van der Waals surface area contributed by atoms with Crippen molar-refractivity contribution in [1.29, 1.82) is 0 Å². The number of thiazole rings is 1. The van der Waals surface area contributed by atoms with Gasteiger partial charge in [0.1, 0.15) is 0 Å². The Morgan fingerprint density at radius 1 is 1.21 bits per heavy atom. The second kappa shape index (κ2) is 8.08. The van der Waals surface area contributed by atoms with Gasteiger partial charge in [0.05, 0.1) is 29.0 Å². The molecule has 0 aliphatic carbocycles. The molecule has 0 bridgehead atoms. The normalized spacial score (nSPS) is 17.2. The smallest absolute Gasteiger partial charge is 0.269 e. The molecule has 4 rings (SSSR count). The molecule has 0 N–H and O–H groups in total. The van der Waals surface area contributed by atoms with E-state index in [0.29, 0.717) is 0 Å². The van der Waals surface area contributed by atoms with Crippen molar-refractivity contribution < 1.29 is 9.66 Å². The average molecular weight is 395 g/mol. The fourth-order valence-corrected chi connectivity index (χ4v) is 4.24. The number of non-ortho nitro benzene ring substituents is 1. The van der Waals surface area contributed by atoms with Crippen molar-refractivity contribution in [3.05, 3.63) is 74.4 Å². The van der Waals surface area contributed by atoms with Gasteiger partial charge < -0.3 is 9.30 Å². The van der Waals surface area contributed by atoms with Crippen LogP contribution in [-0.2, 0) is 11.3 Å². The van der Waals surface area contributed by atoms with Gasteiger partial charge >= 0.3 is 0 Å². The van der Waals surface area contributed by atoms with E-state index in [1.807, 2.05) is 24.3 Å². The molecule has 1 aliphatic heterocycles. The van der Waals surface area contributed by atoms with Crippen molar-refractivity contribution in [2.75, 3.05) is 6.61 Å². The minimum atomic E-state index is -0.379. The Bertz CT molecular complexity index is 1030. The molecule has 7 heteroatoms. The summed E-state index contributed by atoms with van der Waals surface area (Å²) < 4.78 is 8.01. The molecule has 1 saturated heterocycles. The van der Waals surface area contributed by atoms with Gasteiger partial charge in [-0.1, -0.05) is 17.7 Å². The van der Waals surface area contributed by atoms with Crippen LogP contribution in [-0.4, -0.2) is 22.2 Å². The molecule has 1 aromatic heterocycles. The number of hydrogen-bond acceptors (Lipinski definition) is 5. The highest BCUT2D eigenvalue weighted by atomic mass is 32.1. The highest BCUT2D eigenvalue weighted by molar-refractivity contribution is 7.07. The van der Waals surface area contributed by atoms with Crippen molar-refractivity contribution in [1.82, 2.24) is 4.57 Å². The summed E-state index contributed by atoms with van der Waals surface area (Å²) in [4.78, 5) is 16.3. The lowest BCUT2D eigenvalue weighted by Gasteiger charge is -2.14. The molecular weight excluding hydrogens is 374 g/mol. The minimum Gasteiger partial charge on any atom is -0.376 e. The number of rotatable bonds is 5. The Hall–Kier alpha value is -2.77. The van der Waals surface area contributed by atoms with E-state index in [9.17, 15) is 10.1 Å². The third kappa shape index (κ3) is 4.05. The van der Waals surface area contributed by atoms with E-state index in [1.165, 1.54) is 5.56 Å². The summed E-state index contributed by atoms with van der Waals surface area (Å²) in [7, 11) is 0. The third-order valence-corrected chi connectivity index (χ3v) is 5.70. The maximum absolute atomic E-state index is 10.9. The number of aromatic nitrogens is 1. The van der Waals surface area contributed by atoms with E-state index in [2.05, 4.69) is 16.9 Å². The molecule has 1 unspecified atom stereocenters. The largest absolute Gasteiger partial charge is 0.376 e. The van der Waals surface area contributed by atoms with Crippen LogP contribution >= 0.6 is 11.3 Å². The molecule has 28 heavy (non-hydrogen) atoms. The molecular formula is C21H21N3O3S. The van der Waals surface area contributed by atoms with Crippen LogP contribution < -0.4 is 4.80 Å². The Labute approximate surface area is 166 Å². The predicted octanol–water partition coefficient (Wildman–Crippen LogP) is 4.84. The van der Waals surface area contributed by atoms with E-state index in [0.717, 1.165) is 47.7 Å². The lowest BCUT2D eigenvalue weighted by molar-refractivity contribution is -0.384. The molecule has 0 amide bonds. The number of aryl methyl sites for hydroxylation is 1. The zero-order valence-electron chi connectivity index (χ0n) is 15.6. The summed E-state index contributed by atoms with van der Waals surface area (Å²) >= 11 is 1.57. The summed E-state index contributed by atoms with van der Waals surface area (Å²) in [5.41, 5.74) is 4.13. The van der Waals surface area contributed by atoms with Crippen LogP contribution in [0.15, 0.2) is 58.9 Å². The van der Waals surface area contributed by atoms with Gasteiger partial charge in [0, 0.05) is 24.1 Å². The topological polar surface area (TPSA) is 69.7 Å². The van der Waals surface area contributed by atoms with Gasteiger partial charge in [-0.3, -0.25) is 10.1 Å². The van der Waals surface area contributed by atoms with E-state index in [1.54, 1.807) is 35.6 Å². The van der Waals surface area contributed by atoms with Crippen molar-refractivity contribution in [3.8, 4) is 11.3 Å². The van der Waals surface area contributed by atoms with E-state index < -0.39 is 0 Å². The van der Waals surface area contributed by atoms with Crippen LogP contribution in [0.4, 0.5) is 11.4 Å². The number of nitrogens with zero attached hydrogens (tertiary/aromatic N) is 3. The highest BCUT2D eigenvalue weighted by Crippen LogP contribution is 2.25. The first-order chi connectivity index (χ1) is 13.6. The lowest BCUT2D eigenvalue weighted by Crippen LogP contribution is -2.24. The second-order valence-corrected chi connectivity index (χ2v) is 7.74. The Balaban J connectivity index is 1.76. The minimum absolute atomic E-state index is 0.0919. The van der Waals surface area contributed by atoms with Crippen LogP contribution in [0.1, 0.15) is 18.4 Å². The van der Waals surface area contributed by atoms with Gasteiger partial charge in [0.15, 0.2) is 4.80 Å². The van der Waals surface area contributed by atoms with Crippen LogP contribution in [0.5, 0.6) is 0 Å². The van der Waals surface area contributed by atoms with Crippen LogP contribution in [0, 0.1) is 17.0 Å². The van der Waals surface area contributed by atoms with Crippen LogP contribution in [0.2, 0.25) is 0 Å². The van der Waals surface area contributed by atoms with Gasteiger partial charge in [-0.2, -0.15) is 0 Å². The predicted molar refractivity (Wildman–Crippen MR) is 110 cm³/mol. The van der Waals surface area contributed by atoms with Crippen LogP contribution in [0.3, 0.4) is 0 Å². The summed E-state index contributed by atoms with van der Waals surface area (Å²) in [6.45, 7) is 3.58. The van der Waals surface area contributed by atoms with Crippen molar-refractivity contribution in [3.63, 3.8) is 0 Å². The number of hydrogen-bond donors (Lipinski definition) is 0. The molecule has 3 aromatic rings. The fourth-order valence-electron chi connectivity index (χ4n) is 3.30. The van der Waals surface area contributed by atoms with Gasteiger partial charge in [-0.15, -0.1) is 11.3 Å². The zero-order chi connectivity index (χ0) is 19.5. The molecule has 0 saturated carbocycles. The van der Waals surface area contributed by atoms with E-state index in [4.69, 9.17) is 9.73 Å². The first-order valence-corrected chi connectivity index (χ1v) is 10.1. The average Bonchev–Trinajstić information content (AvgIpc) is 3.35. The van der Waals surface area contributed by atoms with E-state index in [-0.39, 0.29) is 16.7 Å². The SMILES string of the molecule is Cc1ccc(N=c2scc(-c3ccc([N+](=O)[O-])cc3)n2CC2CCCO2)cc1. The third-order valence-electron chi connectivity index (χ3n) is 4.84. The maximum atomic E-state index is 10.9. The Morgan fingerprint density at radius 2 is 1.96 bits per heavy atom. The highest BCUT2D eigenvalue weighted by Gasteiger charge is 2.19. The fraction of sp³-hybridized carbons (Fsp3) is 0.286. The maximum Gasteiger partial charge on any atom is 0.269 e. The van der Waals surface area contributed by atoms with Gasteiger partial charge in [-0.05, 0) is 49.6 Å². The number of ether oxygens (including phenoxy) is 1. The quantitative estimate of drug-likeness (QED) is 0.458. The molecule has 1 fully saturated rings. The molecule has 2 heterocycles. The molecule has 2 aromatic carbocycles. The number of benzene rings is 2. The standard InChI is InChI=1S/C21H21N3O3S/c1-15-4-8-17(9-5-15)22-21-23(13-19-3-2-12-27-19)20(14-28-21)16-6-10-18(11-7-16)24(25)26/h4-11,14,19H,2-3,12-13H2,1H3. The number of nitro groups is 1. The monoisotopic (exact) mass is 395 g/mol. The first kappa shape index (κ1) is 18.6.